The van der Waals surface area contributed by atoms with Crippen LogP contribution >= 0.6 is 0 Å². The summed E-state index contributed by atoms with van der Waals surface area (Å²) in [6.45, 7) is 5.73. The van der Waals surface area contributed by atoms with Crippen LogP contribution in [-0.4, -0.2) is 76.8 Å². The number of allylic oxidation sites excluding steroid dienone is 4. The molecule has 0 bridgehead atoms. The van der Waals surface area contributed by atoms with E-state index in [-0.39, 0.29) is 35.6 Å². The fourth-order valence-electron chi connectivity index (χ4n) is 9.62. The number of amides is 2. The summed E-state index contributed by atoms with van der Waals surface area (Å²) in [7, 11) is 0. The summed E-state index contributed by atoms with van der Waals surface area (Å²) in [6, 6.07) is 16.6. The summed E-state index contributed by atoms with van der Waals surface area (Å²) in [5, 5.41) is 17.0. The lowest BCUT2D eigenvalue weighted by Gasteiger charge is -2.45. The van der Waals surface area contributed by atoms with Gasteiger partial charge in [0.05, 0.1) is 17.8 Å². The molecule has 3 unspecified atom stereocenters. The first kappa shape index (κ1) is 35.4. The number of piperidine rings is 2. The van der Waals surface area contributed by atoms with Crippen LogP contribution in [0.1, 0.15) is 81.8 Å². The lowest BCUT2D eigenvalue weighted by molar-refractivity contribution is -0.139. The molecule has 2 aromatic carbocycles. The number of aromatic hydroxyl groups is 1. The average Bonchev–Trinajstić information content (AvgIpc) is 3.56. The van der Waals surface area contributed by atoms with Crippen molar-refractivity contribution in [2.75, 3.05) is 31.1 Å². The van der Waals surface area contributed by atoms with Gasteiger partial charge < -0.3 is 25.5 Å². The first-order valence-electron chi connectivity index (χ1n) is 19.6. The Bertz CT molecular complexity index is 1850. The summed E-state index contributed by atoms with van der Waals surface area (Å²) in [5.41, 5.74) is 6.06. The summed E-state index contributed by atoms with van der Waals surface area (Å²) in [6.07, 6.45) is 19.7. The number of hydrogen-bond acceptors (Lipinski definition) is 9. The zero-order valence-corrected chi connectivity index (χ0v) is 30.7. The number of ether oxygens (including phenoxy) is 1. The Kier molecular flexibility index (Phi) is 10.2. The van der Waals surface area contributed by atoms with E-state index in [2.05, 4.69) is 80.7 Å². The standard InChI is InChI=1S/C43H52N6O4/c1-28-19-24-48(39(28)27-36(46-44)35-5-2-3-8-40(35)50)33-15-9-29(10-16-33)30-20-22-47(23-21-30)32-13-11-31(12-14-32)34-6-4-7-37-42(34)53-26-25-49(37)38-17-18-41(51)45-43(38)52/h2-6,8-10,15-16,19,24,27-28,30-32,37-38,50H,7,11-14,17-18,20-23,25-26,44H2,1H3,(H,45,51,52)/b39-27+,46-36+. The largest absolute Gasteiger partial charge is 0.507 e. The number of para-hydroxylation sites is 1. The molecule has 3 atom stereocenters. The Labute approximate surface area is 312 Å². The van der Waals surface area contributed by atoms with Gasteiger partial charge in [-0.05, 0) is 118 Å². The summed E-state index contributed by atoms with van der Waals surface area (Å²) in [4.78, 5) is 31.8. The van der Waals surface area contributed by atoms with Gasteiger partial charge in [-0.2, -0.15) is 5.10 Å². The van der Waals surface area contributed by atoms with Crippen LogP contribution in [0.5, 0.6) is 5.75 Å². The smallest absolute Gasteiger partial charge is 0.243 e. The highest BCUT2D eigenvalue weighted by atomic mass is 16.5. The maximum Gasteiger partial charge on any atom is 0.243 e. The van der Waals surface area contributed by atoms with Gasteiger partial charge in [-0.3, -0.25) is 19.8 Å². The number of nitrogens with two attached hydrogens (primary N) is 1. The minimum Gasteiger partial charge on any atom is -0.507 e. The van der Waals surface area contributed by atoms with E-state index in [4.69, 9.17) is 10.6 Å². The van der Waals surface area contributed by atoms with Crippen molar-refractivity contribution in [2.45, 2.75) is 88.8 Å². The Morgan fingerprint density at radius 3 is 2.45 bits per heavy atom. The number of likely N-dealkylation sites (tertiary alicyclic amines) is 1. The van der Waals surface area contributed by atoms with Crippen LogP contribution in [-0.2, 0) is 14.3 Å². The van der Waals surface area contributed by atoms with Gasteiger partial charge in [0.25, 0.3) is 0 Å². The number of fused-ring (bicyclic) bond motifs is 1. The highest BCUT2D eigenvalue weighted by molar-refractivity contribution is 6.11. The second-order valence-corrected chi connectivity index (χ2v) is 15.5. The molecule has 1 saturated carbocycles. The molecule has 4 fully saturated rings. The topological polar surface area (TPSA) is 124 Å². The Balaban J connectivity index is 0.858. The van der Waals surface area contributed by atoms with Crippen LogP contribution in [0.25, 0.3) is 0 Å². The lowest BCUT2D eigenvalue weighted by atomic mass is 9.77. The van der Waals surface area contributed by atoms with Gasteiger partial charge in [0.1, 0.15) is 18.1 Å². The number of morpholine rings is 1. The van der Waals surface area contributed by atoms with Crippen LogP contribution in [0.15, 0.2) is 101 Å². The summed E-state index contributed by atoms with van der Waals surface area (Å²) < 4.78 is 6.36. The van der Waals surface area contributed by atoms with Crippen molar-refractivity contribution < 1.29 is 19.4 Å². The molecule has 8 rings (SSSR count). The molecule has 2 amide bonds. The highest BCUT2D eigenvalue weighted by Crippen LogP contribution is 2.41. The number of hydrazone groups is 1. The van der Waals surface area contributed by atoms with Gasteiger partial charge in [-0.25, -0.2) is 0 Å². The maximum atomic E-state index is 12.7. The lowest BCUT2D eigenvalue weighted by Crippen LogP contribution is -2.58. The summed E-state index contributed by atoms with van der Waals surface area (Å²) >= 11 is 0. The van der Waals surface area contributed by atoms with Crippen LogP contribution in [0.4, 0.5) is 5.69 Å². The maximum absolute atomic E-state index is 12.7. The Morgan fingerprint density at radius 1 is 0.943 bits per heavy atom. The molecule has 4 heterocycles. The number of phenols is 1. The third-order valence-corrected chi connectivity index (χ3v) is 12.6. The zero-order chi connectivity index (χ0) is 36.5. The van der Waals surface area contributed by atoms with Gasteiger partial charge in [0.2, 0.25) is 11.8 Å². The van der Waals surface area contributed by atoms with Crippen molar-refractivity contribution in [3.63, 3.8) is 0 Å². The van der Waals surface area contributed by atoms with E-state index in [9.17, 15) is 14.7 Å². The fourth-order valence-corrected chi connectivity index (χ4v) is 9.62. The molecule has 2 aliphatic carbocycles. The van der Waals surface area contributed by atoms with Gasteiger partial charge >= 0.3 is 0 Å². The number of phenolic OH excluding ortho intramolecular Hbond substituents is 1. The van der Waals surface area contributed by atoms with E-state index in [0.717, 1.165) is 56.0 Å². The van der Waals surface area contributed by atoms with E-state index < -0.39 is 0 Å². The van der Waals surface area contributed by atoms with Gasteiger partial charge in [-0.1, -0.05) is 49.4 Å². The molecule has 278 valence electrons. The number of nitrogens with zero attached hydrogens (tertiary/aromatic N) is 4. The first-order valence-corrected chi connectivity index (χ1v) is 19.6. The van der Waals surface area contributed by atoms with E-state index in [1.165, 1.54) is 36.8 Å². The summed E-state index contributed by atoms with van der Waals surface area (Å²) in [5.74, 6) is 7.93. The average molecular weight is 717 g/mol. The zero-order valence-electron chi connectivity index (χ0n) is 30.7. The minimum absolute atomic E-state index is 0.0842. The number of carbonyl (C=O) groups is 2. The number of anilines is 1. The molecule has 0 radical (unpaired) electrons. The van der Waals surface area contributed by atoms with E-state index in [0.29, 0.717) is 48.6 Å². The van der Waals surface area contributed by atoms with Crippen molar-refractivity contribution in [3.8, 4) is 5.75 Å². The van der Waals surface area contributed by atoms with Gasteiger partial charge in [-0.15, -0.1) is 0 Å². The predicted octanol–water partition coefficient (Wildman–Crippen LogP) is 6.07. The molecule has 3 saturated heterocycles. The molecule has 53 heavy (non-hydrogen) atoms. The van der Waals surface area contributed by atoms with Crippen molar-refractivity contribution in [1.29, 1.82) is 0 Å². The van der Waals surface area contributed by atoms with Crippen molar-refractivity contribution in [2.24, 2.45) is 22.8 Å². The van der Waals surface area contributed by atoms with Crippen molar-refractivity contribution >= 4 is 23.2 Å². The molecular weight excluding hydrogens is 665 g/mol. The molecule has 4 aliphatic heterocycles. The third-order valence-electron chi connectivity index (χ3n) is 12.6. The Hall–Kier alpha value is -4.67. The van der Waals surface area contributed by atoms with Crippen LogP contribution in [0.2, 0.25) is 0 Å². The Morgan fingerprint density at radius 2 is 1.72 bits per heavy atom. The van der Waals surface area contributed by atoms with Gasteiger partial charge in [0, 0.05) is 48.1 Å². The number of hydrogen-bond donors (Lipinski definition) is 3. The van der Waals surface area contributed by atoms with E-state index >= 15 is 0 Å². The van der Waals surface area contributed by atoms with Crippen molar-refractivity contribution in [3.05, 3.63) is 107 Å². The number of benzene rings is 2. The molecule has 6 aliphatic rings. The molecule has 4 N–H and O–H groups in total. The minimum atomic E-state index is -0.260. The quantitative estimate of drug-likeness (QED) is 0.137. The van der Waals surface area contributed by atoms with Crippen LogP contribution in [0.3, 0.4) is 0 Å². The highest BCUT2D eigenvalue weighted by Gasteiger charge is 2.42. The second-order valence-electron chi connectivity index (χ2n) is 15.5. The SMILES string of the molecule is CC1C=CN(c2ccc(C3CCN(C4CCC(C5=C6OCCN(C7CCC(=O)NC7=O)C6CC=C5)CC4)CC3)cc2)/C1=C/C(=N\N)c1ccccc1O. The first-order chi connectivity index (χ1) is 25.9. The number of carbonyl (C=O) groups excluding carboxylic acids is 2. The second kappa shape index (κ2) is 15.4. The molecule has 10 heteroatoms. The molecular formula is C43H52N6O4. The molecule has 0 aromatic heterocycles. The van der Waals surface area contributed by atoms with Crippen molar-refractivity contribution in [1.82, 2.24) is 15.1 Å². The number of nitrogens with one attached hydrogen (secondary N) is 1. The van der Waals surface area contributed by atoms with Crippen LogP contribution in [0, 0.1) is 11.8 Å². The van der Waals surface area contributed by atoms with Gasteiger partial charge in [0.15, 0.2) is 0 Å². The predicted molar refractivity (Wildman–Crippen MR) is 207 cm³/mol. The monoisotopic (exact) mass is 716 g/mol. The third kappa shape index (κ3) is 7.19. The number of rotatable bonds is 7. The van der Waals surface area contributed by atoms with Crippen LogP contribution < -0.4 is 16.1 Å². The molecule has 2 aromatic rings. The molecule has 10 nitrogen and oxygen atoms in total. The van der Waals surface area contributed by atoms with E-state index in [1.54, 1.807) is 12.1 Å². The van der Waals surface area contributed by atoms with E-state index in [1.807, 2.05) is 18.2 Å². The molecule has 0 spiro atoms. The normalized spacial score (nSPS) is 29.8. The fraction of sp³-hybridized carbons (Fsp3) is 0.465. The number of imide groups is 1.